The van der Waals surface area contributed by atoms with Gasteiger partial charge in [0.2, 0.25) is 5.91 Å². The van der Waals surface area contributed by atoms with E-state index in [0.29, 0.717) is 6.54 Å². The van der Waals surface area contributed by atoms with E-state index < -0.39 is 0 Å². The average Bonchev–Trinajstić information content (AvgIpc) is 2.50. The van der Waals surface area contributed by atoms with Gasteiger partial charge in [-0.15, -0.1) is 0 Å². The molecular weight excluding hydrogens is 266 g/mol. The van der Waals surface area contributed by atoms with Crippen molar-refractivity contribution in [2.24, 2.45) is 0 Å². The number of hydrogen-bond acceptors (Lipinski definition) is 4. The summed E-state index contributed by atoms with van der Waals surface area (Å²) in [6.07, 6.45) is 0. The Hall–Kier alpha value is -1.43. The number of carbonyl (C=O) groups excluding carboxylic acids is 1. The van der Waals surface area contributed by atoms with Crippen molar-refractivity contribution in [3.63, 3.8) is 0 Å². The molecule has 0 bridgehead atoms. The average molecular weight is 291 g/mol. The minimum absolute atomic E-state index is 0.122. The van der Waals surface area contributed by atoms with Gasteiger partial charge < -0.3 is 10.0 Å². The molecule has 0 spiro atoms. The highest BCUT2D eigenvalue weighted by Crippen LogP contribution is 2.23. The van der Waals surface area contributed by atoms with Gasteiger partial charge >= 0.3 is 0 Å². The summed E-state index contributed by atoms with van der Waals surface area (Å²) in [6, 6.07) is 9.76. The van der Waals surface area contributed by atoms with Gasteiger partial charge in [-0.25, -0.2) is 0 Å². The van der Waals surface area contributed by atoms with Crippen LogP contribution in [0.1, 0.15) is 11.6 Å². The van der Waals surface area contributed by atoms with Crippen molar-refractivity contribution in [1.82, 2.24) is 14.7 Å². The van der Waals surface area contributed by atoms with Crippen LogP contribution in [0.2, 0.25) is 0 Å². The highest BCUT2D eigenvalue weighted by atomic mass is 16.3. The molecular formula is C16H25N3O2. The van der Waals surface area contributed by atoms with Gasteiger partial charge in [0.05, 0.1) is 6.61 Å². The zero-order valence-electron chi connectivity index (χ0n) is 12.9. The largest absolute Gasteiger partial charge is 0.395 e. The molecule has 0 aliphatic carbocycles. The van der Waals surface area contributed by atoms with E-state index in [0.717, 1.165) is 31.7 Å². The van der Waals surface area contributed by atoms with Crippen LogP contribution in [0.15, 0.2) is 30.3 Å². The van der Waals surface area contributed by atoms with Crippen LogP contribution in [0, 0.1) is 0 Å². The zero-order valence-corrected chi connectivity index (χ0v) is 12.9. The fourth-order valence-electron chi connectivity index (χ4n) is 2.78. The molecule has 1 amide bonds. The third kappa shape index (κ3) is 4.03. The number of piperazine rings is 1. The van der Waals surface area contributed by atoms with E-state index in [1.165, 1.54) is 0 Å². The molecule has 1 atom stereocenters. The Morgan fingerprint density at radius 1 is 1.19 bits per heavy atom. The number of carbonyl (C=O) groups is 1. The van der Waals surface area contributed by atoms with Crippen LogP contribution >= 0.6 is 0 Å². The number of benzene rings is 1. The molecule has 0 unspecified atom stereocenters. The molecule has 1 saturated heterocycles. The fraction of sp³-hybridized carbons (Fsp3) is 0.562. The highest BCUT2D eigenvalue weighted by Gasteiger charge is 2.31. The quantitative estimate of drug-likeness (QED) is 0.854. The highest BCUT2D eigenvalue weighted by molar-refractivity contribution is 5.82. The van der Waals surface area contributed by atoms with E-state index in [1.54, 1.807) is 19.0 Å². The van der Waals surface area contributed by atoms with Crippen LogP contribution in [0.4, 0.5) is 0 Å². The summed E-state index contributed by atoms with van der Waals surface area (Å²) >= 11 is 0. The van der Waals surface area contributed by atoms with Crippen LogP contribution in [0.5, 0.6) is 0 Å². The van der Waals surface area contributed by atoms with Gasteiger partial charge in [0.1, 0.15) is 6.04 Å². The summed E-state index contributed by atoms with van der Waals surface area (Å²) in [6.45, 7) is 4.39. The van der Waals surface area contributed by atoms with Gasteiger partial charge in [-0.2, -0.15) is 0 Å². The van der Waals surface area contributed by atoms with E-state index in [1.807, 2.05) is 30.3 Å². The number of likely N-dealkylation sites (N-methyl/N-ethyl adjacent to an activating group) is 1. The summed E-state index contributed by atoms with van der Waals surface area (Å²) in [4.78, 5) is 18.7. The molecule has 2 rings (SSSR count). The summed E-state index contributed by atoms with van der Waals surface area (Å²) in [5.74, 6) is 0.122. The first-order chi connectivity index (χ1) is 10.1. The first-order valence-electron chi connectivity index (χ1n) is 7.47. The molecule has 1 aliphatic heterocycles. The first kappa shape index (κ1) is 15.9. The molecule has 5 heteroatoms. The summed E-state index contributed by atoms with van der Waals surface area (Å²) < 4.78 is 0. The molecule has 1 heterocycles. The van der Waals surface area contributed by atoms with Gasteiger partial charge in [0.25, 0.3) is 0 Å². The molecule has 1 aromatic rings. The summed E-state index contributed by atoms with van der Waals surface area (Å²) in [5, 5.41) is 9.02. The number of hydrogen-bond donors (Lipinski definition) is 1. The maximum Gasteiger partial charge on any atom is 0.244 e. The van der Waals surface area contributed by atoms with Gasteiger partial charge in [-0.3, -0.25) is 14.6 Å². The van der Waals surface area contributed by atoms with Gasteiger partial charge in [0.15, 0.2) is 0 Å². The minimum Gasteiger partial charge on any atom is -0.395 e. The maximum absolute atomic E-state index is 12.6. The third-order valence-corrected chi connectivity index (χ3v) is 3.98. The second-order valence-electron chi connectivity index (χ2n) is 5.65. The number of amides is 1. The number of β-amino-alcohol motifs (C(OH)–C–C–N with tert-alkyl or cyclic N) is 1. The third-order valence-electron chi connectivity index (χ3n) is 3.98. The van der Waals surface area contributed by atoms with Crippen LogP contribution in [-0.4, -0.2) is 79.1 Å². The number of rotatable bonds is 5. The van der Waals surface area contributed by atoms with Crippen molar-refractivity contribution >= 4 is 5.91 Å². The van der Waals surface area contributed by atoms with E-state index >= 15 is 0 Å². The predicted octanol–water partition coefficient (Wildman–Crippen LogP) is 0.426. The van der Waals surface area contributed by atoms with Crippen molar-refractivity contribution in [3.05, 3.63) is 35.9 Å². The Kier molecular flexibility index (Phi) is 5.73. The van der Waals surface area contributed by atoms with Crippen LogP contribution in [-0.2, 0) is 4.79 Å². The Morgan fingerprint density at radius 3 is 2.33 bits per heavy atom. The minimum atomic E-state index is -0.211. The Morgan fingerprint density at radius 2 is 1.81 bits per heavy atom. The zero-order chi connectivity index (χ0) is 15.2. The van der Waals surface area contributed by atoms with Gasteiger partial charge in [-0.1, -0.05) is 30.3 Å². The van der Waals surface area contributed by atoms with E-state index in [-0.39, 0.29) is 18.6 Å². The molecule has 0 aromatic heterocycles. The van der Waals surface area contributed by atoms with Crippen LogP contribution in [0.25, 0.3) is 0 Å². The number of aliphatic hydroxyl groups is 1. The van der Waals surface area contributed by atoms with Crippen molar-refractivity contribution in [2.45, 2.75) is 6.04 Å². The van der Waals surface area contributed by atoms with E-state index in [9.17, 15) is 4.79 Å². The lowest BCUT2D eigenvalue weighted by Gasteiger charge is -2.39. The molecule has 1 fully saturated rings. The fourth-order valence-corrected chi connectivity index (χ4v) is 2.78. The predicted molar refractivity (Wildman–Crippen MR) is 83.0 cm³/mol. The number of nitrogens with zero attached hydrogens (tertiary/aromatic N) is 3. The lowest BCUT2D eigenvalue weighted by Crippen LogP contribution is -2.51. The van der Waals surface area contributed by atoms with Crippen LogP contribution < -0.4 is 0 Å². The Balaban J connectivity index is 2.12. The summed E-state index contributed by atoms with van der Waals surface area (Å²) in [7, 11) is 3.61. The second kappa shape index (κ2) is 7.54. The Labute approximate surface area is 126 Å². The van der Waals surface area contributed by atoms with Gasteiger partial charge in [-0.05, 0) is 5.56 Å². The van der Waals surface area contributed by atoms with Crippen molar-refractivity contribution in [2.75, 3.05) is 53.4 Å². The molecule has 1 N–H and O–H groups in total. The van der Waals surface area contributed by atoms with E-state index in [2.05, 4.69) is 9.80 Å². The summed E-state index contributed by atoms with van der Waals surface area (Å²) in [5.41, 5.74) is 1.05. The van der Waals surface area contributed by atoms with Crippen molar-refractivity contribution in [3.8, 4) is 0 Å². The van der Waals surface area contributed by atoms with Gasteiger partial charge in [0, 0.05) is 46.8 Å². The van der Waals surface area contributed by atoms with E-state index in [4.69, 9.17) is 5.11 Å². The standard InChI is InChI=1S/C16H25N3O2/c1-17(2)16(21)15(14-6-4-3-5-7-14)19-10-8-18(9-11-19)12-13-20/h3-7,15,20H,8-13H2,1-2H3/t15-/m1/s1. The first-order valence-corrected chi connectivity index (χ1v) is 7.47. The normalized spacial score (nSPS) is 18.4. The second-order valence-corrected chi connectivity index (χ2v) is 5.65. The smallest absolute Gasteiger partial charge is 0.244 e. The molecule has 1 aromatic carbocycles. The molecule has 21 heavy (non-hydrogen) atoms. The SMILES string of the molecule is CN(C)C(=O)[C@@H](c1ccccc1)N1CCN(CCO)CC1. The van der Waals surface area contributed by atoms with Crippen LogP contribution in [0.3, 0.4) is 0 Å². The van der Waals surface area contributed by atoms with Crippen molar-refractivity contribution < 1.29 is 9.90 Å². The molecule has 0 radical (unpaired) electrons. The van der Waals surface area contributed by atoms with Crippen molar-refractivity contribution in [1.29, 1.82) is 0 Å². The topological polar surface area (TPSA) is 47.0 Å². The molecule has 0 saturated carbocycles. The lowest BCUT2D eigenvalue weighted by atomic mass is 10.0. The molecule has 1 aliphatic rings. The molecule has 5 nitrogen and oxygen atoms in total. The maximum atomic E-state index is 12.6. The molecule has 116 valence electrons. The Bertz CT molecular complexity index is 442. The monoisotopic (exact) mass is 291 g/mol. The lowest BCUT2D eigenvalue weighted by molar-refractivity contribution is -0.135. The number of aliphatic hydroxyl groups excluding tert-OH is 1.